The van der Waals surface area contributed by atoms with Gasteiger partial charge in [-0.25, -0.2) is 0 Å². The molecule has 0 spiro atoms. The second kappa shape index (κ2) is 12.0. The number of aryl methyl sites for hydroxylation is 1. The van der Waals surface area contributed by atoms with Crippen LogP contribution in [0.2, 0.25) is 0 Å². The minimum absolute atomic E-state index is 0.0444. The lowest BCUT2D eigenvalue weighted by Gasteiger charge is -2.38. The van der Waals surface area contributed by atoms with E-state index in [1.165, 1.54) is 22.4 Å². The van der Waals surface area contributed by atoms with Crippen molar-refractivity contribution < 1.29 is 14.3 Å². The molecule has 0 bridgehead atoms. The minimum Gasteiger partial charge on any atom is -0.382 e. The highest BCUT2D eigenvalue weighted by Gasteiger charge is 2.35. The van der Waals surface area contributed by atoms with Crippen LogP contribution < -0.4 is 0 Å². The van der Waals surface area contributed by atoms with Crippen LogP contribution in [0.1, 0.15) is 73.1 Å². The Morgan fingerprint density at radius 3 is 2.62 bits per heavy atom. The lowest BCUT2D eigenvalue weighted by Crippen LogP contribution is -2.48. The zero-order valence-electron chi connectivity index (χ0n) is 20.6. The average molecular weight is 483 g/mol. The quantitative estimate of drug-likeness (QED) is 0.452. The Balaban J connectivity index is 1.53. The summed E-state index contributed by atoms with van der Waals surface area (Å²) in [6.07, 6.45) is 6.96. The minimum atomic E-state index is -0.0850. The number of hydrogen-bond donors (Lipinski definition) is 0. The average Bonchev–Trinajstić information content (AvgIpc) is 3.35. The molecule has 6 heteroatoms. The van der Waals surface area contributed by atoms with Gasteiger partial charge < -0.3 is 14.5 Å². The third-order valence-corrected chi connectivity index (χ3v) is 8.19. The second-order valence-corrected chi connectivity index (χ2v) is 10.6. The molecule has 1 aliphatic carbocycles. The summed E-state index contributed by atoms with van der Waals surface area (Å²) in [5.74, 6) is 0.263. The predicted molar refractivity (Wildman–Crippen MR) is 137 cm³/mol. The van der Waals surface area contributed by atoms with Gasteiger partial charge in [0.05, 0.1) is 12.6 Å². The van der Waals surface area contributed by atoms with Crippen molar-refractivity contribution >= 4 is 23.2 Å². The number of fused-ring (bicyclic) bond motifs is 1. The molecule has 5 nitrogen and oxygen atoms in total. The normalized spacial score (nSPS) is 18.5. The lowest BCUT2D eigenvalue weighted by molar-refractivity contribution is -0.144. The van der Waals surface area contributed by atoms with Crippen molar-refractivity contribution in [2.24, 2.45) is 5.92 Å². The molecule has 1 aromatic heterocycles. The van der Waals surface area contributed by atoms with Crippen molar-refractivity contribution in [1.29, 1.82) is 0 Å². The number of benzene rings is 1. The molecule has 0 radical (unpaired) electrons. The van der Waals surface area contributed by atoms with E-state index in [1.54, 1.807) is 11.3 Å². The fourth-order valence-electron chi connectivity index (χ4n) is 5.32. The van der Waals surface area contributed by atoms with Crippen LogP contribution in [0.15, 0.2) is 35.7 Å². The molecule has 1 saturated carbocycles. The Morgan fingerprint density at radius 1 is 1.12 bits per heavy atom. The van der Waals surface area contributed by atoms with Gasteiger partial charge in [-0.3, -0.25) is 9.59 Å². The van der Waals surface area contributed by atoms with Gasteiger partial charge in [0.1, 0.15) is 0 Å². The van der Waals surface area contributed by atoms with Gasteiger partial charge >= 0.3 is 0 Å². The van der Waals surface area contributed by atoms with Crippen molar-refractivity contribution in [2.45, 2.75) is 64.8 Å². The van der Waals surface area contributed by atoms with E-state index in [1.807, 2.05) is 16.7 Å². The van der Waals surface area contributed by atoms with E-state index in [0.717, 1.165) is 44.1 Å². The first-order valence-corrected chi connectivity index (χ1v) is 13.7. The molecule has 34 heavy (non-hydrogen) atoms. The first-order valence-electron chi connectivity index (χ1n) is 12.9. The number of carbonyl (C=O) groups excluding carboxylic acids is 2. The van der Waals surface area contributed by atoms with Crippen LogP contribution >= 0.6 is 11.3 Å². The van der Waals surface area contributed by atoms with Gasteiger partial charge in [-0.15, -0.1) is 11.3 Å². The Labute approximate surface area is 208 Å². The predicted octanol–water partition coefficient (Wildman–Crippen LogP) is 5.37. The van der Waals surface area contributed by atoms with Gasteiger partial charge in [0, 0.05) is 37.1 Å². The molecule has 1 aliphatic heterocycles. The number of rotatable bonds is 9. The molecule has 1 fully saturated rings. The number of thiophene rings is 1. The monoisotopic (exact) mass is 482 g/mol. The van der Waals surface area contributed by atoms with E-state index >= 15 is 0 Å². The number of amides is 2. The molecule has 184 valence electrons. The van der Waals surface area contributed by atoms with Gasteiger partial charge in [-0.2, -0.15) is 0 Å². The van der Waals surface area contributed by atoms with Crippen LogP contribution in [-0.4, -0.2) is 54.5 Å². The zero-order valence-corrected chi connectivity index (χ0v) is 21.4. The van der Waals surface area contributed by atoms with Gasteiger partial charge in [0.25, 0.3) is 0 Å². The van der Waals surface area contributed by atoms with Crippen LogP contribution in [-0.2, 0) is 20.7 Å². The fraction of sp³-hybridized carbons (Fsp3) is 0.571. The summed E-state index contributed by atoms with van der Waals surface area (Å²) in [4.78, 5) is 32.4. The van der Waals surface area contributed by atoms with Crippen molar-refractivity contribution in [3.05, 3.63) is 57.3 Å². The summed E-state index contributed by atoms with van der Waals surface area (Å²) in [6, 6.07) is 10.6. The van der Waals surface area contributed by atoms with E-state index in [-0.39, 0.29) is 30.3 Å². The molecule has 2 amide bonds. The van der Waals surface area contributed by atoms with Crippen LogP contribution in [0.4, 0.5) is 0 Å². The first-order chi connectivity index (χ1) is 16.6. The highest BCUT2D eigenvalue weighted by molar-refractivity contribution is 7.10. The second-order valence-electron chi connectivity index (χ2n) is 9.59. The van der Waals surface area contributed by atoms with Crippen molar-refractivity contribution in [2.75, 3.05) is 32.8 Å². The molecule has 0 N–H and O–H groups in total. The molecule has 2 aliphatic rings. The third kappa shape index (κ3) is 5.89. The SMILES string of the molecule is CCOCCCN(CC(=O)N1CCc2sccc2C1c1ccc(C)cc1)C(=O)C1CCCCC1. The standard InChI is InChI=1S/C28H38N2O3S/c1-3-33-18-7-16-29(28(32)23-8-5-4-6-9-23)20-26(31)30-17-14-25-24(15-19-34-25)27(30)22-12-10-21(2)11-13-22/h10-13,15,19,23,27H,3-9,14,16-18,20H2,1-2H3. The van der Waals surface area contributed by atoms with Crippen LogP contribution in [0, 0.1) is 12.8 Å². The molecule has 2 heterocycles. The van der Waals surface area contributed by atoms with E-state index < -0.39 is 0 Å². The maximum Gasteiger partial charge on any atom is 0.242 e. The van der Waals surface area contributed by atoms with Gasteiger partial charge in [-0.05, 0) is 62.1 Å². The van der Waals surface area contributed by atoms with Crippen molar-refractivity contribution in [3.8, 4) is 0 Å². The number of nitrogens with zero attached hydrogens (tertiary/aromatic N) is 2. The van der Waals surface area contributed by atoms with Crippen LogP contribution in [0.25, 0.3) is 0 Å². The van der Waals surface area contributed by atoms with Gasteiger partial charge in [0.2, 0.25) is 11.8 Å². The smallest absolute Gasteiger partial charge is 0.242 e. The lowest BCUT2D eigenvalue weighted by atomic mass is 9.88. The first kappa shape index (κ1) is 24.9. The maximum atomic E-state index is 13.8. The largest absolute Gasteiger partial charge is 0.382 e. The molecule has 4 rings (SSSR count). The Hall–Kier alpha value is -2.18. The van der Waals surface area contributed by atoms with E-state index in [4.69, 9.17) is 4.74 Å². The van der Waals surface area contributed by atoms with E-state index in [9.17, 15) is 9.59 Å². The Morgan fingerprint density at radius 2 is 1.88 bits per heavy atom. The summed E-state index contributed by atoms with van der Waals surface area (Å²) >= 11 is 1.78. The summed E-state index contributed by atoms with van der Waals surface area (Å²) < 4.78 is 5.51. The number of carbonyl (C=O) groups is 2. The maximum absolute atomic E-state index is 13.8. The zero-order chi connectivity index (χ0) is 23.9. The summed E-state index contributed by atoms with van der Waals surface area (Å²) in [6.45, 7) is 6.78. The molecule has 1 atom stereocenters. The number of ether oxygens (including phenoxy) is 1. The van der Waals surface area contributed by atoms with Crippen LogP contribution in [0.5, 0.6) is 0 Å². The Kier molecular flexibility index (Phi) is 8.79. The van der Waals surface area contributed by atoms with Crippen molar-refractivity contribution in [3.63, 3.8) is 0 Å². The molecule has 1 aromatic carbocycles. The third-order valence-electron chi connectivity index (χ3n) is 7.19. The molecular formula is C28H38N2O3S. The summed E-state index contributed by atoms with van der Waals surface area (Å²) in [5, 5.41) is 2.13. The highest BCUT2D eigenvalue weighted by Crippen LogP contribution is 2.38. The fourth-order valence-corrected chi connectivity index (χ4v) is 6.23. The van der Waals surface area contributed by atoms with E-state index in [2.05, 4.69) is 42.6 Å². The van der Waals surface area contributed by atoms with Crippen molar-refractivity contribution in [1.82, 2.24) is 9.80 Å². The molecule has 1 unspecified atom stereocenters. The van der Waals surface area contributed by atoms with Gasteiger partial charge in [-0.1, -0.05) is 49.1 Å². The summed E-state index contributed by atoms with van der Waals surface area (Å²) in [7, 11) is 0. The van der Waals surface area contributed by atoms with Gasteiger partial charge in [0.15, 0.2) is 0 Å². The molecular weight excluding hydrogens is 444 g/mol. The molecule has 2 aromatic rings. The Bertz CT molecular complexity index is 949. The van der Waals surface area contributed by atoms with E-state index in [0.29, 0.717) is 26.3 Å². The van der Waals surface area contributed by atoms with Crippen LogP contribution in [0.3, 0.4) is 0 Å². The summed E-state index contributed by atoms with van der Waals surface area (Å²) in [5.41, 5.74) is 3.58. The topological polar surface area (TPSA) is 49.9 Å². The molecule has 0 saturated heterocycles. The number of hydrogen-bond acceptors (Lipinski definition) is 4. The highest BCUT2D eigenvalue weighted by atomic mass is 32.1.